The Bertz CT molecular complexity index is 583. The summed E-state index contributed by atoms with van der Waals surface area (Å²) in [6.07, 6.45) is 0.872. The zero-order valence-corrected chi connectivity index (χ0v) is 12.9. The standard InChI is InChI=1S/C17H20ClNO/c1-12-7-8-17(20-3)15(9-12)16(19-2)11-13-5-4-6-14(18)10-13/h4-10,16,19H,11H2,1-3H3. The van der Waals surface area contributed by atoms with Gasteiger partial charge in [0.1, 0.15) is 5.75 Å². The maximum absolute atomic E-state index is 6.06. The minimum absolute atomic E-state index is 0.198. The van der Waals surface area contributed by atoms with Crippen molar-refractivity contribution >= 4 is 11.6 Å². The average molecular weight is 290 g/mol. The van der Waals surface area contributed by atoms with Crippen LogP contribution in [0.5, 0.6) is 5.75 Å². The maximum atomic E-state index is 6.06. The first kappa shape index (κ1) is 14.9. The van der Waals surface area contributed by atoms with Gasteiger partial charge in [0.2, 0.25) is 0 Å². The second kappa shape index (κ2) is 6.78. The molecule has 2 nitrogen and oxygen atoms in total. The molecule has 0 aliphatic carbocycles. The van der Waals surface area contributed by atoms with Gasteiger partial charge in [-0.3, -0.25) is 0 Å². The zero-order valence-electron chi connectivity index (χ0n) is 12.1. The van der Waals surface area contributed by atoms with Crippen molar-refractivity contribution in [2.45, 2.75) is 19.4 Å². The molecule has 0 fully saturated rings. The Kier molecular flexibility index (Phi) is 5.05. The van der Waals surface area contributed by atoms with E-state index in [1.165, 1.54) is 16.7 Å². The van der Waals surface area contributed by atoms with Gasteiger partial charge in [0.25, 0.3) is 0 Å². The van der Waals surface area contributed by atoms with Crippen molar-refractivity contribution in [2.24, 2.45) is 0 Å². The largest absolute Gasteiger partial charge is 0.496 e. The van der Waals surface area contributed by atoms with E-state index in [9.17, 15) is 0 Å². The van der Waals surface area contributed by atoms with Gasteiger partial charge in [-0.2, -0.15) is 0 Å². The molecular weight excluding hydrogens is 270 g/mol. The second-order valence-corrected chi connectivity index (χ2v) is 5.36. The fourth-order valence-electron chi connectivity index (χ4n) is 2.39. The highest BCUT2D eigenvalue weighted by Crippen LogP contribution is 2.29. The van der Waals surface area contributed by atoms with E-state index in [0.29, 0.717) is 0 Å². The fourth-order valence-corrected chi connectivity index (χ4v) is 2.61. The third-order valence-electron chi connectivity index (χ3n) is 3.44. The highest BCUT2D eigenvalue weighted by molar-refractivity contribution is 6.30. The molecule has 0 saturated heterocycles. The molecule has 2 aromatic rings. The highest BCUT2D eigenvalue weighted by atomic mass is 35.5. The normalized spacial score (nSPS) is 12.2. The lowest BCUT2D eigenvalue weighted by molar-refractivity contribution is 0.401. The van der Waals surface area contributed by atoms with Crippen molar-refractivity contribution in [2.75, 3.05) is 14.2 Å². The van der Waals surface area contributed by atoms with E-state index in [4.69, 9.17) is 16.3 Å². The maximum Gasteiger partial charge on any atom is 0.123 e. The molecule has 0 aromatic heterocycles. The molecule has 20 heavy (non-hydrogen) atoms. The zero-order chi connectivity index (χ0) is 14.5. The molecule has 3 heteroatoms. The first-order chi connectivity index (χ1) is 9.63. The summed E-state index contributed by atoms with van der Waals surface area (Å²) in [6.45, 7) is 2.09. The lowest BCUT2D eigenvalue weighted by atomic mass is 9.97. The number of halogens is 1. The molecule has 1 atom stereocenters. The molecule has 0 aliphatic heterocycles. The summed E-state index contributed by atoms with van der Waals surface area (Å²) in [4.78, 5) is 0. The summed E-state index contributed by atoms with van der Waals surface area (Å²) in [5.41, 5.74) is 3.61. The summed E-state index contributed by atoms with van der Waals surface area (Å²) in [7, 11) is 3.68. The first-order valence-corrected chi connectivity index (χ1v) is 7.08. The summed E-state index contributed by atoms with van der Waals surface area (Å²) in [5.74, 6) is 0.914. The first-order valence-electron chi connectivity index (χ1n) is 6.70. The van der Waals surface area contributed by atoms with Crippen LogP contribution in [0.25, 0.3) is 0 Å². The molecule has 106 valence electrons. The van der Waals surface area contributed by atoms with Gasteiger partial charge in [-0.25, -0.2) is 0 Å². The Hall–Kier alpha value is -1.51. The van der Waals surface area contributed by atoms with E-state index >= 15 is 0 Å². The van der Waals surface area contributed by atoms with Crippen LogP contribution in [-0.2, 0) is 6.42 Å². The monoisotopic (exact) mass is 289 g/mol. The molecule has 0 spiro atoms. The molecule has 0 bridgehead atoms. The van der Waals surface area contributed by atoms with E-state index in [1.54, 1.807) is 7.11 Å². The van der Waals surface area contributed by atoms with Gasteiger partial charge in [-0.1, -0.05) is 41.4 Å². The lowest BCUT2D eigenvalue weighted by Crippen LogP contribution is -2.19. The van der Waals surface area contributed by atoms with Gasteiger partial charge in [0.15, 0.2) is 0 Å². The van der Waals surface area contributed by atoms with Crippen LogP contribution in [0, 0.1) is 6.92 Å². The van der Waals surface area contributed by atoms with Gasteiger partial charge in [0.05, 0.1) is 7.11 Å². The third kappa shape index (κ3) is 3.53. The SMILES string of the molecule is CNC(Cc1cccc(Cl)c1)c1cc(C)ccc1OC. The second-order valence-electron chi connectivity index (χ2n) is 4.92. The van der Waals surface area contributed by atoms with Crippen LogP contribution in [0.1, 0.15) is 22.7 Å². The van der Waals surface area contributed by atoms with Gasteiger partial charge >= 0.3 is 0 Å². The molecule has 2 rings (SSSR count). The minimum Gasteiger partial charge on any atom is -0.496 e. The smallest absolute Gasteiger partial charge is 0.123 e. The van der Waals surface area contributed by atoms with Gasteiger partial charge in [-0.05, 0) is 44.2 Å². The van der Waals surface area contributed by atoms with E-state index < -0.39 is 0 Å². The highest BCUT2D eigenvalue weighted by Gasteiger charge is 2.15. The third-order valence-corrected chi connectivity index (χ3v) is 3.67. The summed E-state index contributed by atoms with van der Waals surface area (Å²) < 4.78 is 5.48. The predicted molar refractivity (Wildman–Crippen MR) is 84.7 cm³/mol. The molecule has 2 aromatic carbocycles. The number of methoxy groups -OCH3 is 1. The van der Waals surface area contributed by atoms with Crippen LogP contribution < -0.4 is 10.1 Å². The number of hydrogen-bond donors (Lipinski definition) is 1. The molecule has 1 N–H and O–H groups in total. The molecular formula is C17H20ClNO. The van der Waals surface area contributed by atoms with Crippen LogP contribution in [0.15, 0.2) is 42.5 Å². The van der Waals surface area contributed by atoms with Crippen LogP contribution in [0.2, 0.25) is 5.02 Å². The van der Waals surface area contributed by atoms with E-state index in [1.807, 2.05) is 31.3 Å². The number of rotatable bonds is 5. The Morgan fingerprint density at radius 3 is 2.65 bits per heavy atom. The van der Waals surface area contributed by atoms with Crippen LogP contribution in [0.4, 0.5) is 0 Å². The van der Waals surface area contributed by atoms with Crippen molar-refractivity contribution in [3.05, 3.63) is 64.2 Å². The van der Waals surface area contributed by atoms with E-state index in [-0.39, 0.29) is 6.04 Å². The number of benzene rings is 2. The number of likely N-dealkylation sites (N-methyl/N-ethyl adjacent to an activating group) is 1. The van der Waals surface area contributed by atoms with E-state index in [0.717, 1.165) is 17.2 Å². The Balaban J connectivity index is 2.30. The van der Waals surface area contributed by atoms with E-state index in [2.05, 4.69) is 30.4 Å². The van der Waals surface area contributed by atoms with Gasteiger partial charge in [0, 0.05) is 16.6 Å². The quantitative estimate of drug-likeness (QED) is 0.892. The molecule has 0 radical (unpaired) electrons. The van der Waals surface area contributed by atoms with Gasteiger partial charge in [-0.15, -0.1) is 0 Å². The van der Waals surface area contributed by atoms with Crippen LogP contribution in [0.3, 0.4) is 0 Å². The van der Waals surface area contributed by atoms with Gasteiger partial charge < -0.3 is 10.1 Å². The Morgan fingerprint density at radius 1 is 1.20 bits per heavy atom. The molecule has 0 saturated carbocycles. The number of ether oxygens (including phenoxy) is 1. The fraction of sp³-hybridized carbons (Fsp3) is 0.294. The van der Waals surface area contributed by atoms with Crippen molar-refractivity contribution in [1.29, 1.82) is 0 Å². The molecule has 0 heterocycles. The lowest BCUT2D eigenvalue weighted by Gasteiger charge is -2.20. The summed E-state index contributed by atoms with van der Waals surface area (Å²) >= 11 is 6.06. The average Bonchev–Trinajstić information content (AvgIpc) is 2.45. The Morgan fingerprint density at radius 2 is 2.00 bits per heavy atom. The number of aryl methyl sites for hydroxylation is 1. The topological polar surface area (TPSA) is 21.3 Å². The Labute approximate surface area is 125 Å². The van der Waals surface area contributed by atoms with Crippen molar-refractivity contribution in [3.63, 3.8) is 0 Å². The predicted octanol–water partition coefficient (Wildman–Crippen LogP) is 4.16. The minimum atomic E-state index is 0.198. The summed E-state index contributed by atoms with van der Waals surface area (Å²) in [5, 5.41) is 4.14. The molecule has 1 unspecified atom stereocenters. The van der Waals surface area contributed by atoms with Crippen molar-refractivity contribution < 1.29 is 4.74 Å². The van der Waals surface area contributed by atoms with Crippen LogP contribution >= 0.6 is 11.6 Å². The number of nitrogens with one attached hydrogen (secondary N) is 1. The van der Waals surface area contributed by atoms with Crippen molar-refractivity contribution in [3.8, 4) is 5.75 Å². The van der Waals surface area contributed by atoms with Crippen molar-refractivity contribution in [1.82, 2.24) is 5.32 Å². The summed E-state index contributed by atoms with van der Waals surface area (Å²) in [6, 6.07) is 14.4. The molecule has 0 amide bonds. The number of hydrogen-bond acceptors (Lipinski definition) is 2. The van der Waals surface area contributed by atoms with Crippen LogP contribution in [-0.4, -0.2) is 14.2 Å². The molecule has 0 aliphatic rings.